The standard InChI is InChI=1S/C29H23NO6/c1-17(2)35-29(34)19-12-14-21(15-13-19)30-25(18-8-4-3-5-9-18)24(27(32)28(30)33)26(31)23-16-20-10-6-7-11-22(20)36-23/h3-17,25,32H,1-2H3. The molecule has 0 aliphatic carbocycles. The number of amides is 1. The predicted octanol–water partition coefficient (Wildman–Crippen LogP) is 5.78. The van der Waals surface area contributed by atoms with Gasteiger partial charge in [0.25, 0.3) is 5.91 Å². The van der Waals surface area contributed by atoms with Gasteiger partial charge in [-0.1, -0.05) is 48.5 Å². The lowest BCUT2D eigenvalue weighted by Crippen LogP contribution is -2.31. The zero-order chi connectivity index (χ0) is 25.4. The zero-order valence-electron chi connectivity index (χ0n) is 19.7. The first-order chi connectivity index (χ1) is 17.3. The van der Waals surface area contributed by atoms with Gasteiger partial charge in [0, 0.05) is 11.1 Å². The summed E-state index contributed by atoms with van der Waals surface area (Å²) in [7, 11) is 0. The Bertz CT molecular complexity index is 1460. The molecule has 7 nitrogen and oxygen atoms in total. The number of benzene rings is 3. The average Bonchev–Trinajstić information content (AvgIpc) is 3.43. The largest absolute Gasteiger partial charge is 0.503 e. The third-order valence-corrected chi connectivity index (χ3v) is 5.94. The third-order valence-electron chi connectivity index (χ3n) is 5.94. The molecule has 0 fully saturated rings. The van der Waals surface area contributed by atoms with Crippen LogP contribution >= 0.6 is 0 Å². The van der Waals surface area contributed by atoms with Gasteiger partial charge in [0.05, 0.1) is 23.3 Å². The summed E-state index contributed by atoms with van der Waals surface area (Å²) in [6.07, 6.45) is -0.271. The normalized spacial score (nSPS) is 15.7. The number of carbonyl (C=O) groups is 3. The first kappa shape index (κ1) is 23.1. The van der Waals surface area contributed by atoms with E-state index in [4.69, 9.17) is 9.15 Å². The van der Waals surface area contributed by atoms with Crippen LogP contribution in [0.2, 0.25) is 0 Å². The molecule has 0 spiro atoms. The summed E-state index contributed by atoms with van der Waals surface area (Å²) in [6, 6.07) is 23.1. The molecular weight excluding hydrogens is 458 g/mol. The number of anilines is 1. The van der Waals surface area contributed by atoms with Crippen molar-refractivity contribution in [3.8, 4) is 0 Å². The van der Waals surface area contributed by atoms with Crippen LogP contribution in [0.5, 0.6) is 0 Å². The van der Waals surface area contributed by atoms with E-state index in [1.165, 1.54) is 4.90 Å². The lowest BCUT2D eigenvalue weighted by atomic mass is 9.94. The van der Waals surface area contributed by atoms with Crippen LogP contribution in [0.25, 0.3) is 11.0 Å². The second kappa shape index (κ2) is 9.19. The molecule has 0 radical (unpaired) electrons. The van der Waals surface area contributed by atoms with Crippen molar-refractivity contribution in [1.29, 1.82) is 0 Å². The summed E-state index contributed by atoms with van der Waals surface area (Å²) < 4.78 is 11.0. The molecule has 0 saturated carbocycles. The molecule has 4 aromatic rings. The first-order valence-corrected chi connectivity index (χ1v) is 11.5. The molecule has 5 rings (SSSR count). The van der Waals surface area contributed by atoms with E-state index in [9.17, 15) is 19.5 Å². The van der Waals surface area contributed by atoms with E-state index in [0.717, 1.165) is 5.39 Å². The molecule has 1 aliphatic rings. The summed E-state index contributed by atoms with van der Waals surface area (Å²) in [5.74, 6) is -2.39. The van der Waals surface area contributed by atoms with Crippen molar-refractivity contribution in [3.63, 3.8) is 0 Å². The Kier molecular flexibility index (Phi) is 5.90. The zero-order valence-corrected chi connectivity index (χ0v) is 19.7. The Hall–Kier alpha value is -4.65. The minimum absolute atomic E-state index is 0.0279. The number of hydrogen-bond donors (Lipinski definition) is 1. The van der Waals surface area contributed by atoms with E-state index >= 15 is 0 Å². The number of nitrogens with zero attached hydrogens (tertiary/aromatic N) is 1. The van der Waals surface area contributed by atoms with Crippen LogP contribution in [0, 0.1) is 0 Å². The van der Waals surface area contributed by atoms with Gasteiger partial charge in [-0.15, -0.1) is 0 Å². The highest BCUT2D eigenvalue weighted by Crippen LogP contribution is 2.42. The Morgan fingerprint density at radius 1 is 0.944 bits per heavy atom. The molecule has 0 bridgehead atoms. The summed E-state index contributed by atoms with van der Waals surface area (Å²) in [5.41, 5.74) is 1.83. The van der Waals surface area contributed by atoms with E-state index in [1.807, 2.05) is 18.2 Å². The van der Waals surface area contributed by atoms with Crippen LogP contribution in [0.1, 0.15) is 46.4 Å². The Balaban J connectivity index is 1.56. The van der Waals surface area contributed by atoms with Crippen molar-refractivity contribution in [2.45, 2.75) is 26.0 Å². The van der Waals surface area contributed by atoms with Crippen molar-refractivity contribution in [2.24, 2.45) is 0 Å². The molecule has 1 amide bonds. The van der Waals surface area contributed by atoms with Crippen molar-refractivity contribution < 1.29 is 28.6 Å². The second-order valence-electron chi connectivity index (χ2n) is 8.73. The molecular formula is C29H23NO6. The molecule has 180 valence electrons. The molecule has 0 saturated heterocycles. The van der Waals surface area contributed by atoms with E-state index in [0.29, 0.717) is 22.4 Å². The second-order valence-corrected chi connectivity index (χ2v) is 8.73. The maximum absolute atomic E-state index is 13.6. The van der Waals surface area contributed by atoms with Crippen molar-refractivity contribution in [1.82, 2.24) is 0 Å². The van der Waals surface area contributed by atoms with Crippen LogP contribution in [0.3, 0.4) is 0 Å². The Morgan fingerprint density at radius 3 is 2.28 bits per heavy atom. The molecule has 1 atom stereocenters. The van der Waals surface area contributed by atoms with E-state index in [2.05, 4.69) is 0 Å². The number of ketones is 1. The predicted molar refractivity (Wildman–Crippen MR) is 134 cm³/mol. The highest BCUT2D eigenvalue weighted by molar-refractivity contribution is 6.20. The number of para-hydroxylation sites is 1. The maximum atomic E-state index is 13.6. The van der Waals surface area contributed by atoms with E-state index in [-0.39, 0.29) is 17.4 Å². The fourth-order valence-corrected chi connectivity index (χ4v) is 4.32. The van der Waals surface area contributed by atoms with Crippen molar-refractivity contribution in [3.05, 3.63) is 113 Å². The summed E-state index contributed by atoms with van der Waals surface area (Å²) in [4.78, 5) is 40.5. The number of rotatable bonds is 6. The van der Waals surface area contributed by atoms with E-state index in [1.54, 1.807) is 80.6 Å². The van der Waals surface area contributed by atoms with Crippen LogP contribution in [-0.2, 0) is 9.53 Å². The van der Waals surface area contributed by atoms with Gasteiger partial charge in [0.2, 0.25) is 5.78 Å². The van der Waals surface area contributed by atoms with Gasteiger partial charge in [0.15, 0.2) is 11.5 Å². The van der Waals surface area contributed by atoms with Crippen LogP contribution < -0.4 is 4.90 Å². The molecule has 2 heterocycles. The first-order valence-electron chi connectivity index (χ1n) is 11.5. The number of ether oxygens (including phenoxy) is 1. The quantitative estimate of drug-likeness (QED) is 0.277. The van der Waals surface area contributed by atoms with Crippen LogP contribution in [-0.4, -0.2) is 28.9 Å². The van der Waals surface area contributed by atoms with Gasteiger partial charge in [-0.25, -0.2) is 4.79 Å². The summed E-state index contributed by atoms with van der Waals surface area (Å²) >= 11 is 0. The number of carbonyl (C=O) groups excluding carboxylic acids is 3. The molecule has 3 aromatic carbocycles. The molecule has 36 heavy (non-hydrogen) atoms. The molecule has 1 aromatic heterocycles. The minimum atomic E-state index is -0.895. The maximum Gasteiger partial charge on any atom is 0.338 e. The van der Waals surface area contributed by atoms with Gasteiger partial charge in [-0.2, -0.15) is 0 Å². The van der Waals surface area contributed by atoms with E-state index < -0.39 is 29.5 Å². The Morgan fingerprint density at radius 2 is 1.61 bits per heavy atom. The number of Topliss-reactive ketones (excluding diaryl/α,β-unsaturated/α-hetero) is 1. The summed E-state index contributed by atoms with van der Waals surface area (Å²) in [5, 5.41) is 11.7. The van der Waals surface area contributed by atoms with Gasteiger partial charge >= 0.3 is 5.97 Å². The summed E-state index contributed by atoms with van der Waals surface area (Å²) in [6.45, 7) is 3.52. The number of furan rings is 1. The minimum Gasteiger partial charge on any atom is -0.503 e. The fourth-order valence-electron chi connectivity index (χ4n) is 4.32. The van der Waals surface area contributed by atoms with Gasteiger partial charge < -0.3 is 14.3 Å². The monoisotopic (exact) mass is 481 g/mol. The molecule has 1 aliphatic heterocycles. The SMILES string of the molecule is CC(C)OC(=O)c1ccc(N2C(=O)C(O)=C(C(=O)c3cc4ccccc4o3)C2c2ccccc2)cc1. The third kappa shape index (κ3) is 4.05. The fraction of sp³-hybridized carbons (Fsp3) is 0.138. The van der Waals surface area contributed by atoms with Gasteiger partial charge in [0.1, 0.15) is 5.58 Å². The molecule has 1 unspecified atom stereocenters. The van der Waals surface area contributed by atoms with Crippen LogP contribution in [0.4, 0.5) is 5.69 Å². The van der Waals surface area contributed by atoms with Crippen molar-refractivity contribution in [2.75, 3.05) is 4.90 Å². The molecule has 1 N–H and O–H groups in total. The highest BCUT2D eigenvalue weighted by Gasteiger charge is 2.45. The Labute approximate surface area is 207 Å². The lowest BCUT2D eigenvalue weighted by molar-refractivity contribution is -0.117. The van der Waals surface area contributed by atoms with Gasteiger partial charge in [-0.3, -0.25) is 14.5 Å². The highest BCUT2D eigenvalue weighted by atomic mass is 16.5. The molecule has 7 heteroatoms. The smallest absolute Gasteiger partial charge is 0.338 e. The number of esters is 1. The number of aliphatic hydroxyl groups is 1. The average molecular weight is 482 g/mol. The lowest BCUT2D eigenvalue weighted by Gasteiger charge is -2.27. The topological polar surface area (TPSA) is 97.0 Å². The van der Waals surface area contributed by atoms with Crippen molar-refractivity contribution >= 4 is 34.3 Å². The van der Waals surface area contributed by atoms with Crippen LogP contribution in [0.15, 0.2) is 101 Å². The van der Waals surface area contributed by atoms with Gasteiger partial charge in [-0.05, 0) is 55.8 Å². The number of hydrogen-bond acceptors (Lipinski definition) is 6. The number of aliphatic hydroxyl groups excluding tert-OH is 1. The number of fused-ring (bicyclic) bond motifs is 1.